The Bertz CT molecular complexity index is 1400. The zero-order valence-electron chi connectivity index (χ0n) is 19.9. The van der Waals surface area contributed by atoms with Crippen molar-refractivity contribution in [3.8, 4) is 11.5 Å². The van der Waals surface area contributed by atoms with E-state index in [0.717, 1.165) is 10.5 Å². The average Bonchev–Trinajstić information content (AvgIpc) is 2.87. The first kappa shape index (κ1) is 25.6. The number of anilines is 2. The first-order valence-corrected chi connectivity index (χ1v) is 11.9. The van der Waals surface area contributed by atoms with Gasteiger partial charge in [0.2, 0.25) is 0 Å². The Balaban J connectivity index is 1.57. The minimum atomic E-state index is -0.865. The minimum Gasteiger partial charge on any atom is -0.497 e. The van der Waals surface area contributed by atoms with Gasteiger partial charge in [0, 0.05) is 15.7 Å². The number of nitrogens with one attached hydrogen (secondary N) is 2. The fourth-order valence-corrected chi connectivity index (χ4v) is 3.90. The molecule has 37 heavy (non-hydrogen) atoms. The quantitative estimate of drug-likeness (QED) is 0.324. The number of halogens is 1. The van der Waals surface area contributed by atoms with Crippen LogP contribution in [0.2, 0.25) is 0 Å². The van der Waals surface area contributed by atoms with Crippen LogP contribution in [0.5, 0.6) is 11.5 Å². The lowest BCUT2D eigenvalue weighted by Gasteiger charge is -2.26. The van der Waals surface area contributed by atoms with Gasteiger partial charge in [-0.1, -0.05) is 33.6 Å². The van der Waals surface area contributed by atoms with Gasteiger partial charge in [0.05, 0.1) is 12.8 Å². The normalized spacial score (nSPS) is 14.4. The molecule has 9 nitrogen and oxygen atoms in total. The van der Waals surface area contributed by atoms with E-state index in [1.54, 1.807) is 42.5 Å². The highest BCUT2D eigenvalue weighted by Crippen LogP contribution is 2.29. The smallest absolute Gasteiger partial charge is 0.335 e. The summed E-state index contributed by atoms with van der Waals surface area (Å²) < 4.78 is 11.5. The van der Waals surface area contributed by atoms with Gasteiger partial charge < -0.3 is 14.8 Å². The summed E-state index contributed by atoms with van der Waals surface area (Å²) in [7, 11) is 1.50. The molecule has 3 aromatic carbocycles. The maximum absolute atomic E-state index is 13.2. The van der Waals surface area contributed by atoms with E-state index in [4.69, 9.17) is 9.47 Å². The third kappa shape index (κ3) is 6.04. The molecule has 2 N–H and O–H groups in total. The molecule has 0 aromatic heterocycles. The number of urea groups is 1. The van der Waals surface area contributed by atoms with Crippen LogP contribution in [0, 0.1) is 6.92 Å². The zero-order valence-corrected chi connectivity index (χ0v) is 21.5. The predicted octanol–water partition coefficient (Wildman–Crippen LogP) is 4.45. The van der Waals surface area contributed by atoms with Crippen LogP contribution >= 0.6 is 15.9 Å². The number of aryl methyl sites for hydroxylation is 1. The molecule has 1 fully saturated rings. The van der Waals surface area contributed by atoms with E-state index in [1.807, 2.05) is 19.1 Å². The minimum absolute atomic E-state index is 0.264. The molecule has 1 heterocycles. The van der Waals surface area contributed by atoms with Crippen molar-refractivity contribution in [2.45, 2.75) is 6.92 Å². The maximum atomic E-state index is 13.2. The highest BCUT2D eigenvalue weighted by atomic mass is 79.9. The topological polar surface area (TPSA) is 114 Å². The summed E-state index contributed by atoms with van der Waals surface area (Å²) in [6.07, 6.45) is 1.32. The molecule has 0 atom stereocenters. The van der Waals surface area contributed by atoms with Gasteiger partial charge >= 0.3 is 6.03 Å². The van der Waals surface area contributed by atoms with Crippen molar-refractivity contribution < 1.29 is 28.7 Å². The fourth-order valence-electron chi connectivity index (χ4n) is 3.52. The number of nitrogens with zero attached hydrogens (tertiary/aromatic N) is 1. The number of benzene rings is 3. The molecule has 0 aliphatic carbocycles. The van der Waals surface area contributed by atoms with Crippen molar-refractivity contribution in [2.75, 3.05) is 23.9 Å². The summed E-state index contributed by atoms with van der Waals surface area (Å²) in [4.78, 5) is 51.6. The number of ether oxygens (including phenoxy) is 2. The maximum Gasteiger partial charge on any atom is 0.335 e. The van der Waals surface area contributed by atoms with Crippen LogP contribution in [0.4, 0.5) is 16.2 Å². The van der Waals surface area contributed by atoms with Gasteiger partial charge in [0.25, 0.3) is 17.7 Å². The molecule has 1 saturated heterocycles. The van der Waals surface area contributed by atoms with E-state index in [9.17, 15) is 19.2 Å². The molecule has 0 spiro atoms. The molecule has 0 unspecified atom stereocenters. The molecule has 1 aliphatic rings. The lowest BCUT2D eigenvalue weighted by Crippen LogP contribution is -2.54. The van der Waals surface area contributed by atoms with Crippen molar-refractivity contribution in [1.29, 1.82) is 0 Å². The second-order valence-electron chi connectivity index (χ2n) is 8.04. The summed E-state index contributed by atoms with van der Waals surface area (Å²) in [5.74, 6) is -1.22. The first-order valence-electron chi connectivity index (χ1n) is 11.1. The summed E-state index contributed by atoms with van der Waals surface area (Å²) in [6.45, 7) is 1.64. The van der Waals surface area contributed by atoms with E-state index in [-0.39, 0.29) is 29.5 Å². The fraction of sp³-hybridized carbons (Fsp3) is 0.111. The van der Waals surface area contributed by atoms with Crippen LogP contribution in [-0.4, -0.2) is 37.5 Å². The predicted molar refractivity (Wildman–Crippen MR) is 141 cm³/mol. The Morgan fingerprint density at radius 2 is 1.73 bits per heavy atom. The van der Waals surface area contributed by atoms with Gasteiger partial charge in [-0.25, -0.2) is 9.69 Å². The van der Waals surface area contributed by atoms with Crippen LogP contribution in [0.15, 0.2) is 76.8 Å². The SMILES string of the molecule is COc1ccc(N2C(=O)NC(=O)/C(=C\c3cc(Br)ccc3OCC(=O)Nc3ccc(C)cc3)C2=O)cc1. The van der Waals surface area contributed by atoms with E-state index < -0.39 is 17.8 Å². The molecule has 10 heteroatoms. The highest BCUT2D eigenvalue weighted by molar-refractivity contribution is 9.10. The number of carbonyl (C=O) groups excluding carboxylic acids is 4. The molecular formula is C27H22BrN3O6. The molecular weight excluding hydrogens is 542 g/mol. The molecule has 4 rings (SSSR count). The Hall–Kier alpha value is -4.44. The van der Waals surface area contributed by atoms with Crippen LogP contribution in [0.3, 0.4) is 0 Å². The second-order valence-corrected chi connectivity index (χ2v) is 8.96. The van der Waals surface area contributed by atoms with Crippen molar-refractivity contribution in [3.05, 3.63) is 87.9 Å². The van der Waals surface area contributed by atoms with Gasteiger partial charge in [-0.2, -0.15) is 0 Å². The van der Waals surface area contributed by atoms with Gasteiger partial charge in [0.1, 0.15) is 17.1 Å². The largest absolute Gasteiger partial charge is 0.497 e. The van der Waals surface area contributed by atoms with Crippen LogP contribution in [-0.2, 0) is 14.4 Å². The monoisotopic (exact) mass is 563 g/mol. The molecule has 5 amide bonds. The van der Waals surface area contributed by atoms with Crippen molar-refractivity contribution in [2.24, 2.45) is 0 Å². The average molecular weight is 564 g/mol. The molecule has 0 radical (unpaired) electrons. The van der Waals surface area contributed by atoms with Crippen molar-refractivity contribution in [3.63, 3.8) is 0 Å². The van der Waals surface area contributed by atoms with Gasteiger partial charge in [0.15, 0.2) is 6.61 Å². The zero-order chi connectivity index (χ0) is 26.5. The van der Waals surface area contributed by atoms with E-state index in [2.05, 4.69) is 26.6 Å². The lowest BCUT2D eigenvalue weighted by molar-refractivity contribution is -0.122. The third-order valence-corrected chi connectivity index (χ3v) is 5.89. The number of rotatable bonds is 7. The van der Waals surface area contributed by atoms with E-state index >= 15 is 0 Å². The van der Waals surface area contributed by atoms with Crippen molar-refractivity contribution in [1.82, 2.24) is 5.32 Å². The molecule has 0 bridgehead atoms. The standard InChI is InChI=1S/C27H22BrN3O6/c1-16-3-6-19(7-4-16)29-24(32)15-37-23-12-5-18(28)13-17(23)14-22-25(33)30-27(35)31(26(22)34)20-8-10-21(36-2)11-9-20/h3-14H,15H2,1-2H3,(H,29,32)(H,30,33,35)/b22-14+. The number of hydrogen-bond donors (Lipinski definition) is 2. The number of hydrogen-bond acceptors (Lipinski definition) is 6. The highest BCUT2D eigenvalue weighted by Gasteiger charge is 2.37. The van der Waals surface area contributed by atoms with Crippen LogP contribution in [0.25, 0.3) is 6.08 Å². The summed E-state index contributed by atoms with van der Waals surface area (Å²) >= 11 is 3.37. The molecule has 0 saturated carbocycles. The summed E-state index contributed by atoms with van der Waals surface area (Å²) in [6, 6.07) is 17.6. The number of methoxy groups -OCH3 is 1. The second kappa shape index (κ2) is 11.1. The van der Waals surface area contributed by atoms with Crippen LogP contribution in [0.1, 0.15) is 11.1 Å². The van der Waals surface area contributed by atoms with Gasteiger partial charge in [-0.05, 0) is 67.6 Å². The van der Waals surface area contributed by atoms with Crippen molar-refractivity contribution >= 4 is 57.1 Å². The molecule has 1 aliphatic heterocycles. The lowest BCUT2D eigenvalue weighted by atomic mass is 10.1. The van der Waals surface area contributed by atoms with E-state index in [1.165, 1.54) is 25.3 Å². The van der Waals surface area contributed by atoms with Gasteiger partial charge in [-0.3, -0.25) is 19.7 Å². The number of barbiturate groups is 1. The first-order chi connectivity index (χ1) is 17.7. The molecule has 188 valence electrons. The number of carbonyl (C=O) groups is 4. The van der Waals surface area contributed by atoms with Crippen LogP contribution < -0.4 is 25.0 Å². The number of imide groups is 2. The Kier molecular flexibility index (Phi) is 7.69. The third-order valence-electron chi connectivity index (χ3n) is 5.40. The Morgan fingerprint density at radius 3 is 2.41 bits per heavy atom. The van der Waals surface area contributed by atoms with E-state index in [0.29, 0.717) is 21.5 Å². The van der Waals surface area contributed by atoms with Gasteiger partial charge in [-0.15, -0.1) is 0 Å². The summed E-state index contributed by atoms with van der Waals surface area (Å²) in [5.41, 5.74) is 2.04. The number of amides is 5. The summed E-state index contributed by atoms with van der Waals surface area (Å²) in [5, 5.41) is 4.93. The molecule has 3 aromatic rings. The Labute approximate surface area is 221 Å². The Morgan fingerprint density at radius 1 is 1.03 bits per heavy atom.